The van der Waals surface area contributed by atoms with E-state index in [1.165, 1.54) is 16.8 Å². The molecule has 152 valence electrons. The first-order chi connectivity index (χ1) is 14.8. The number of benzene rings is 2. The highest BCUT2D eigenvalue weighted by molar-refractivity contribution is 6.31. The number of pyridine rings is 1. The van der Waals surface area contributed by atoms with Crippen LogP contribution in [0, 0.1) is 0 Å². The van der Waals surface area contributed by atoms with Crippen molar-refractivity contribution in [1.82, 2.24) is 14.9 Å². The SMILES string of the molecule is Clc1ccc2[nH]c(CCN3CCOCC3)c(-c3cncc(-c4ccccc4)c3)c2c1. The summed E-state index contributed by atoms with van der Waals surface area (Å²) in [5, 5.41) is 1.89. The van der Waals surface area contributed by atoms with Crippen LogP contribution in [0.4, 0.5) is 0 Å². The van der Waals surface area contributed by atoms with Gasteiger partial charge in [0, 0.05) is 76.8 Å². The highest BCUT2D eigenvalue weighted by atomic mass is 35.5. The van der Waals surface area contributed by atoms with Crippen LogP contribution in [-0.2, 0) is 11.2 Å². The maximum Gasteiger partial charge on any atom is 0.0594 e. The first-order valence-electron chi connectivity index (χ1n) is 10.4. The molecule has 0 unspecified atom stereocenters. The highest BCUT2D eigenvalue weighted by Gasteiger charge is 2.17. The number of nitrogens with zero attached hydrogens (tertiary/aromatic N) is 2. The van der Waals surface area contributed by atoms with E-state index in [1.54, 1.807) is 0 Å². The van der Waals surface area contributed by atoms with Gasteiger partial charge in [-0.05, 0) is 29.8 Å². The Morgan fingerprint density at radius 3 is 2.57 bits per heavy atom. The van der Waals surface area contributed by atoms with Gasteiger partial charge in [0.05, 0.1) is 13.2 Å². The Balaban J connectivity index is 1.56. The smallest absolute Gasteiger partial charge is 0.0594 e. The first kappa shape index (κ1) is 19.3. The number of H-pyrrole nitrogens is 1. The number of nitrogens with one attached hydrogen (secondary N) is 1. The summed E-state index contributed by atoms with van der Waals surface area (Å²) in [6.07, 6.45) is 4.82. The molecule has 1 N–H and O–H groups in total. The maximum atomic E-state index is 6.36. The third kappa shape index (κ3) is 3.99. The van der Waals surface area contributed by atoms with Crippen LogP contribution >= 0.6 is 11.6 Å². The van der Waals surface area contributed by atoms with Crippen LogP contribution in [0.2, 0.25) is 5.02 Å². The average Bonchev–Trinajstić information content (AvgIpc) is 3.16. The van der Waals surface area contributed by atoms with E-state index in [-0.39, 0.29) is 0 Å². The van der Waals surface area contributed by atoms with E-state index in [1.807, 2.05) is 24.5 Å². The summed E-state index contributed by atoms with van der Waals surface area (Å²) in [4.78, 5) is 10.7. The molecule has 5 heteroatoms. The summed E-state index contributed by atoms with van der Waals surface area (Å²) < 4.78 is 5.49. The summed E-state index contributed by atoms with van der Waals surface area (Å²) >= 11 is 6.36. The highest BCUT2D eigenvalue weighted by Crippen LogP contribution is 2.35. The minimum absolute atomic E-state index is 0.745. The molecule has 1 fully saturated rings. The van der Waals surface area contributed by atoms with Crippen LogP contribution in [0.5, 0.6) is 0 Å². The third-order valence-corrected chi connectivity index (χ3v) is 5.99. The summed E-state index contributed by atoms with van der Waals surface area (Å²) in [6.45, 7) is 4.62. The van der Waals surface area contributed by atoms with Crippen molar-refractivity contribution in [3.63, 3.8) is 0 Å². The van der Waals surface area contributed by atoms with Gasteiger partial charge in [0.25, 0.3) is 0 Å². The van der Waals surface area contributed by atoms with Crippen molar-refractivity contribution < 1.29 is 4.74 Å². The average molecular weight is 418 g/mol. The quantitative estimate of drug-likeness (QED) is 0.471. The van der Waals surface area contributed by atoms with E-state index in [0.717, 1.165) is 66.3 Å². The number of hydrogen-bond donors (Lipinski definition) is 1. The topological polar surface area (TPSA) is 41.2 Å². The molecule has 1 saturated heterocycles. The van der Waals surface area contributed by atoms with Gasteiger partial charge in [-0.1, -0.05) is 41.9 Å². The number of aromatic nitrogens is 2. The van der Waals surface area contributed by atoms with Crippen LogP contribution < -0.4 is 0 Å². The van der Waals surface area contributed by atoms with Gasteiger partial charge in [0.2, 0.25) is 0 Å². The Kier molecular flexibility index (Phi) is 5.54. The Morgan fingerprint density at radius 2 is 1.73 bits per heavy atom. The van der Waals surface area contributed by atoms with Crippen molar-refractivity contribution in [1.29, 1.82) is 0 Å². The van der Waals surface area contributed by atoms with E-state index in [0.29, 0.717) is 0 Å². The molecule has 2 aromatic carbocycles. The lowest BCUT2D eigenvalue weighted by atomic mass is 9.98. The fourth-order valence-corrected chi connectivity index (χ4v) is 4.37. The van der Waals surface area contributed by atoms with Crippen molar-refractivity contribution in [2.24, 2.45) is 0 Å². The van der Waals surface area contributed by atoms with E-state index in [4.69, 9.17) is 16.3 Å². The van der Waals surface area contributed by atoms with Gasteiger partial charge < -0.3 is 9.72 Å². The van der Waals surface area contributed by atoms with Crippen LogP contribution in [0.25, 0.3) is 33.2 Å². The molecule has 4 aromatic rings. The Hall–Kier alpha value is -2.66. The molecule has 4 nitrogen and oxygen atoms in total. The number of hydrogen-bond acceptors (Lipinski definition) is 3. The molecular formula is C25H24ClN3O. The van der Waals surface area contributed by atoms with Gasteiger partial charge in [0.15, 0.2) is 0 Å². The second kappa shape index (κ2) is 8.60. The summed E-state index contributed by atoms with van der Waals surface area (Å²) in [5.41, 5.74) is 6.93. The Bertz CT molecular complexity index is 1150. The molecular weight excluding hydrogens is 394 g/mol. The third-order valence-electron chi connectivity index (χ3n) is 5.75. The van der Waals surface area contributed by atoms with Gasteiger partial charge >= 0.3 is 0 Å². The zero-order valence-corrected chi connectivity index (χ0v) is 17.5. The minimum atomic E-state index is 0.745. The van der Waals surface area contributed by atoms with Gasteiger partial charge in [-0.25, -0.2) is 0 Å². The molecule has 0 spiro atoms. The lowest BCUT2D eigenvalue weighted by Gasteiger charge is -2.26. The van der Waals surface area contributed by atoms with Crippen molar-refractivity contribution in [3.05, 3.63) is 77.7 Å². The maximum absolute atomic E-state index is 6.36. The van der Waals surface area contributed by atoms with Crippen LogP contribution in [0.15, 0.2) is 67.0 Å². The molecule has 0 saturated carbocycles. The molecule has 30 heavy (non-hydrogen) atoms. The molecule has 3 heterocycles. The molecule has 0 aliphatic carbocycles. The van der Waals surface area contributed by atoms with Crippen molar-refractivity contribution >= 4 is 22.5 Å². The normalized spacial score (nSPS) is 15.0. The predicted molar refractivity (Wildman–Crippen MR) is 123 cm³/mol. The number of halogens is 1. The first-order valence-corrected chi connectivity index (χ1v) is 10.8. The molecule has 0 radical (unpaired) electrons. The molecule has 1 aliphatic rings. The largest absolute Gasteiger partial charge is 0.379 e. The summed E-state index contributed by atoms with van der Waals surface area (Å²) in [5.74, 6) is 0. The summed E-state index contributed by atoms with van der Waals surface area (Å²) in [6, 6.07) is 18.7. The zero-order valence-electron chi connectivity index (χ0n) is 16.8. The number of fused-ring (bicyclic) bond motifs is 1. The standard InChI is InChI=1S/C25H24ClN3O/c26-21-6-7-23-22(15-21)25(24(28-23)8-9-29-10-12-30-13-11-29)20-14-19(16-27-17-20)18-4-2-1-3-5-18/h1-7,14-17,28H,8-13H2. The number of morpholine rings is 1. The fourth-order valence-electron chi connectivity index (χ4n) is 4.20. The van der Waals surface area contributed by atoms with Gasteiger partial charge in [-0.3, -0.25) is 9.88 Å². The molecule has 5 rings (SSSR count). The molecule has 0 atom stereocenters. The van der Waals surface area contributed by atoms with Crippen LogP contribution in [-0.4, -0.2) is 47.7 Å². The predicted octanol–water partition coefficient (Wildman–Crippen LogP) is 5.43. The second-order valence-corrected chi connectivity index (χ2v) is 8.14. The van der Waals surface area contributed by atoms with E-state index < -0.39 is 0 Å². The Labute approximate surface area is 181 Å². The minimum Gasteiger partial charge on any atom is -0.379 e. The fraction of sp³-hybridized carbons (Fsp3) is 0.240. The van der Waals surface area contributed by atoms with Crippen molar-refractivity contribution in [2.45, 2.75) is 6.42 Å². The van der Waals surface area contributed by atoms with E-state index >= 15 is 0 Å². The molecule has 0 amide bonds. The van der Waals surface area contributed by atoms with Crippen molar-refractivity contribution in [3.8, 4) is 22.3 Å². The lowest BCUT2D eigenvalue weighted by Crippen LogP contribution is -2.37. The molecule has 0 bridgehead atoms. The molecule has 2 aromatic heterocycles. The second-order valence-electron chi connectivity index (χ2n) is 7.70. The molecule has 1 aliphatic heterocycles. The zero-order chi connectivity index (χ0) is 20.3. The van der Waals surface area contributed by atoms with Gasteiger partial charge in [0.1, 0.15) is 0 Å². The van der Waals surface area contributed by atoms with Gasteiger partial charge in [-0.15, -0.1) is 0 Å². The lowest BCUT2D eigenvalue weighted by molar-refractivity contribution is 0.0384. The summed E-state index contributed by atoms with van der Waals surface area (Å²) in [7, 11) is 0. The number of rotatable bonds is 5. The monoisotopic (exact) mass is 417 g/mol. The number of aromatic amines is 1. The van der Waals surface area contributed by atoms with Gasteiger partial charge in [-0.2, -0.15) is 0 Å². The Morgan fingerprint density at radius 1 is 0.933 bits per heavy atom. The van der Waals surface area contributed by atoms with E-state index in [9.17, 15) is 0 Å². The van der Waals surface area contributed by atoms with Crippen molar-refractivity contribution in [2.75, 3.05) is 32.8 Å². The number of ether oxygens (including phenoxy) is 1. The van der Waals surface area contributed by atoms with Crippen LogP contribution in [0.1, 0.15) is 5.69 Å². The van der Waals surface area contributed by atoms with Crippen LogP contribution in [0.3, 0.4) is 0 Å². The van der Waals surface area contributed by atoms with E-state index in [2.05, 4.69) is 57.3 Å².